The summed E-state index contributed by atoms with van der Waals surface area (Å²) in [6.45, 7) is 1.77. The average molecular weight is 305 g/mol. The van der Waals surface area contributed by atoms with Crippen LogP contribution in [0.5, 0.6) is 0 Å². The molecule has 0 N–H and O–H groups in total. The van der Waals surface area contributed by atoms with Crippen LogP contribution in [0.3, 0.4) is 0 Å². The van der Waals surface area contributed by atoms with E-state index in [0.717, 1.165) is 27.6 Å². The van der Waals surface area contributed by atoms with Crippen LogP contribution in [0.2, 0.25) is 0 Å². The molecular weight excluding hydrogens is 298 g/mol. The summed E-state index contributed by atoms with van der Waals surface area (Å²) in [5.74, 6) is 0.105. The molecule has 1 saturated heterocycles. The number of nitrogens with zero attached hydrogens (tertiary/aromatic N) is 1. The van der Waals surface area contributed by atoms with Crippen LogP contribution in [0.4, 0.5) is 0 Å². The summed E-state index contributed by atoms with van der Waals surface area (Å²) in [5.41, 5.74) is 0.729. The van der Waals surface area contributed by atoms with Crippen LogP contribution in [0, 0.1) is 0 Å². The topological polar surface area (TPSA) is 20.1 Å². The number of amides is 1. The molecule has 0 bridgehead atoms. The number of carbonyl (C=O) groups excluding carboxylic acids is 1. The fourth-order valence-corrected chi connectivity index (χ4v) is 1.89. The summed E-state index contributed by atoms with van der Waals surface area (Å²) in [6.07, 6.45) is 0. The van der Waals surface area contributed by atoms with Gasteiger partial charge in [-0.3, -0.25) is 4.79 Å². The molecule has 1 aromatic rings. The van der Waals surface area contributed by atoms with Gasteiger partial charge in [-0.1, -0.05) is 6.07 Å². The Kier molecular flexibility index (Phi) is 2.43. The van der Waals surface area contributed by atoms with Crippen molar-refractivity contribution in [3.8, 4) is 0 Å². The second kappa shape index (κ2) is 3.42. The van der Waals surface area contributed by atoms with Crippen LogP contribution >= 0.6 is 31.9 Å². The number of hydrogen-bond donors (Lipinski definition) is 0. The lowest BCUT2D eigenvalue weighted by molar-refractivity contribution is 0.0884. The van der Waals surface area contributed by atoms with Gasteiger partial charge in [-0.05, 0) is 44.0 Å². The molecule has 4 heteroatoms. The van der Waals surface area contributed by atoms with Crippen molar-refractivity contribution >= 4 is 37.8 Å². The van der Waals surface area contributed by atoms with E-state index in [4.69, 9.17) is 0 Å². The standard InChI is InChI=1S/C9H7Br2NO/c10-7-3-1-2-6(8(7)11)9(13)12-4-5-12/h1-3H,4-5H2. The number of carbonyl (C=O) groups is 1. The second-order valence-corrected chi connectivity index (χ2v) is 4.54. The van der Waals surface area contributed by atoms with Gasteiger partial charge >= 0.3 is 0 Å². The van der Waals surface area contributed by atoms with Crippen LogP contribution in [0.15, 0.2) is 27.1 Å². The SMILES string of the molecule is O=C(c1cccc(Br)c1Br)N1CC1. The lowest BCUT2D eigenvalue weighted by Crippen LogP contribution is -2.11. The zero-order valence-electron chi connectivity index (χ0n) is 6.76. The van der Waals surface area contributed by atoms with E-state index in [1.165, 1.54) is 0 Å². The molecule has 0 radical (unpaired) electrons. The first-order valence-corrected chi connectivity index (χ1v) is 5.52. The normalized spacial score (nSPS) is 14.5. The van der Waals surface area contributed by atoms with E-state index >= 15 is 0 Å². The third-order valence-corrected chi connectivity index (χ3v) is 3.96. The molecule has 2 rings (SSSR count). The van der Waals surface area contributed by atoms with Gasteiger partial charge in [-0.2, -0.15) is 0 Å². The van der Waals surface area contributed by atoms with Gasteiger partial charge in [0.2, 0.25) is 0 Å². The molecule has 68 valence electrons. The lowest BCUT2D eigenvalue weighted by Gasteiger charge is -2.05. The van der Waals surface area contributed by atoms with Gasteiger partial charge in [0.15, 0.2) is 0 Å². The van der Waals surface area contributed by atoms with Crippen LogP contribution in [0.1, 0.15) is 10.4 Å². The van der Waals surface area contributed by atoms with Crippen molar-refractivity contribution in [3.05, 3.63) is 32.7 Å². The zero-order valence-corrected chi connectivity index (χ0v) is 9.93. The van der Waals surface area contributed by atoms with Crippen molar-refractivity contribution in [2.45, 2.75) is 0 Å². The number of halogens is 2. The van der Waals surface area contributed by atoms with Gasteiger partial charge in [-0.15, -0.1) is 0 Å². The largest absolute Gasteiger partial charge is 0.335 e. The summed E-state index contributed by atoms with van der Waals surface area (Å²) in [5, 5.41) is 0. The number of benzene rings is 1. The van der Waals surface area contributed by atoms with Crippen molar-refractivity contribution < 1.29 is 4.79 Å². The molecule has 0 unspecified atom stereocenters. The molecule has 1 amide bonds. The minimum absolute atomic E-state index is 0.105. The van der Waals surface area contributed by atoms with Crippen LogP contribution < -0.4 is 0 Å². The summed E-state index contributed by atoms with van der Waals surface area (Å²) in [6, 6.07) is 5.60. The molecule has 1 fully saturated rings. The van der Waals surface area contributed by atoms with Crippen molar-refractivity contribution in [2.24, 2.45) is 0 Å². The molecule has 0 aliphatic carbocycles. The Balaban J connectivity index is 2.38. The van der Waals surface area contributed by atoms with E-state index in [0.29, 0.717) is 0 Å². The summed E-state index contributed by atoms with van der Waals surface area (Å²) in [4.78, 5) is 13.5. The fraction of sp³-hybridized carbons (Fsp3) is 0.222. The maximum Gasteiger partial charge on any atom is 0.255 e. The highest BCUT2D eigenvalue weighted by atomic mass is 79.9. The van der Waals surface area contributed by atoms with Gasteiger partial charge < -0.3 is 4.90 Å². The molecule has 2 nitrogen and oxygen atoms in total. The smallest absolute Gasteiger partial charge is 0.255 e. The lowest BCUT2D eigenvalue weighted by atomic mass is 10.2. The first kappa shape index (κ1) is 9.21. The minimum Gasteiger partial charge on any atom is -0.335 e. The average Bonchev–Trinajstić information content (AvgIpc) is 2.91. The Labute approximate surface area is 93.2 Å². The molecule has 0 saturated carbocycles. The van der Waals surface area contributed by atoms with Gasteiger partial charge in [0.05, 0.1) is 5.56 Å². The molecule has 1 aliphatic heterocycles. The van der Waals surface area contributed by atoms with Crippen LogP contribution in [-0.2, 0) is 0 Å². The molecule has 1 heterocycles. The Bertz CT molecular complexity index is 361. The first-order valence-electron chi connectivity index (χ1n) is 3.93. The number of rotatable bonds is 1. The van der Waals surface area contributed by atoms with Gasteiger partial charge in [0.1, 0.15) is 0 Å². The molecule has 13 heavy (non-hydrogen) atoms. The number of hydrogen-bond acceptors (Lipinski definition) is 1. The third kappa shape index (κ3) is 1.79. The van der Waals surface area contributed by atoms with Crippen molar-refractivity contribution in [2.75, 3.05) is 13.1 Å². The zero-order chi connectivity index (χ0) is 9.42. The predicted molar refractivity (Wildman–Crippen MR) is 57.7 cm³/mol. The molecule has 1 aromatic carbocycles. The Morgan fingerprint density at radius 2 is 2.00 bits per heavy atom. The highest BCUT2D eigenvalue weighted by Gasteiger charge is 2.26. The van der Waals surface area contributed by atoms with E-state index in [9.17, 15) is 4.79 Å². The maximum absolute atomic E-state index is 11.7. The first-order chi connectivity index (χ1) is 6.20. The summed E-state index contributed by atoms with van der Waals surface area (Å²) in [7, 11) is 0. The van der Waals surface area contributed by atoms with E-state index in [1.54, 1.807) is 4.90 Å². The van der Waals surface area contributed by atoms with Crippen molar-refractivity contribution in [1.29, 1.82) is 0 Å². The second-order valence-electron chi connectivity index (χ2n) is 2.89. The quantitative estimate of drug-likeness (QED) is 0.730. The third-order valence-electron chi connectivity index (χ3n) is 1.92. The summed E-state index contributed by atoms with van der Waals surface area (Å²) < 4.78 is 1.76. The van der Waals surface area contributed by atoms with Crippen molar-refractivity contribution in [1.82, 2.24) is 4.90 Å². The molecular formula is C9H7Br2NO. The summed E-state index contributed by atoms with van der Waals surface area (Å²) >= 11 is 6.75. The van der Waals surface area contributed by atoms with Gasteiger partial charge in [0, 0.05) is 22.0 Å². The molecule has 0 aromatic heterocycles. The fourth-order valence-electron chi connectivity index (χ4n) is 1.09. The molecule has 0 spiro atoms. The Morgan fingerprint density at radius 1 is 1.31 bits per heavy atom. The maximum atomic E-state index is 11.7. The molecule has 0 atom stereocenters. The predicted octanol–water partition coefficient (Wildman–Crippen LogP) is 2.67. The van der Waals surface area contributed by atoms with Crippen LogP contribution in [-0.4, -0.2) is 23.9 Å². The van der Waals surface area contributed by atoms with E-state index in [-0.39, 0.29) is 5.91 Å². The monoisotopic (exact) mass is 303 g/mol. The van der Waals surface area contributed by atoms with Crippen LogP contribution in [0.25, 0.3) is 0 Å². The Morgan fingerprint density at radius 3 is 2.62 bits per heavy atom. The van der Waals surface area contributed by atoms with E-state index < -0.39 is 0 Å². The van der Waals surface area contributed by atoms with Crippen molar-refractivity contribution in [3.63, 3.8) is 0 Å². The van der Waals surface area contributed by atoms with E-state index in [2.05, 4.69) is 31.9 Å². The highest BCUT2D eigenvalue weighted by molar-refractivity contribution is 9.13. The van der Waals surface area contributed by atoms with E-state index in [1.807, 2.05) is 18.2 Å². The molecule has 1 aliphatic rings. The van der Waals surface area contributed by atoms with Gasteiger partial charge in [0.25, 0.3) is 5.91 Å². The Hall–Kier alpha value is -0.350. The highest BCUT2D eigenvalue weighted by Crippen LogP contribution is 2.28. The minimum atomic E-state index is 0.105. The van der Waals surface area contributed by atoms with Gasteiger partial charge in [-0.25, -0.2) is 0 Å².